The summed E-state index contributed by atoms with van der Waals surface area (Å²) in [7, 11) is 0. The highest BCUT2D eigenvalue weighted by atomic mass is 16.5. The van der Waals surface area contributed by atoms with Crippen LogP contribution < -0.4 is 0 Å². The van der Waals surface area contributed by atoms with Gasteiger partial charge < -0.3 is 14.8 Å². The first-order valence-electron chi connectivity index (χ1n) is 8.25. The molecule has 0 fully saturated rings. The van der Waals surface area contributed by atoms with Crippen LogP contribution in [0.2, 0.25) is 0 Å². The van der Waals surface area contributed by atoms with E-state index in [4.69, 9.17) is 4.74 Å². The lowest BCUT2D eigenvalue weighted by molar-refractivity contribution is -0.137. The first-order valence-corrected chi connectivity index (χ1v) is 8.25. The van der Waals surface area contributed by atoms with Crippen LogP contribution in [0.1, 0.15) is 17.0 Å². The molecule has 0 unspecified atom stereocenters. The maximum atomic E-state index is 11.8. The Balaban J connectivity index is 1.68. The molecule has 1 aromatic heterocycles. The molecule has 6 nitrogen and oxygen atoms in total. The van der Waals surface area contributed by atoms with Gasteiger partial charge in [0.1, 0.15) is 18.2 Å². The number of nitriles is 1. The van der Waals surface area contributed by atoms with Gasteiger partial charge in [-0.1, -0.05) is 42.0 Å². The smallest absolute Gasteiger partial charge is 0.331 e. The summed E-state index contributed by atoms with van der Waals surface area (Å²) in [6.45, 7) is 1.56. The molecule has 0 radical (unpaired) electrons. The number of aromatic amines is 1. The van der Waals surface area contributed by atoms with E-state index < -0.39 is 12.6 Å². The van der Waals surface area contributed by atoms with Gasteiger partial charge in [0.15, 0.2) is 11.6 Å². The van der Waals surface area contributed by atoms with Crippen LogP contribution in [-0.2, 0) is 9.53 Å². The van der Waals surface area contributed by atoms with Gasteiger partial charge in [0.25, 0.3) is 0 Å². The van der Waals surface area contributed by atoms with Gasteiger partial charge in [0.05, 0.1) is 11.0 Å². The van der Waals surface area contributed by atoms with Crippen LogP contribution in [0.3, 0.4) is 0 Å². The van der Waals surface area contributed by atoms with Gasteiger partial charge in [0.2, 0.25) is 0 Å². The van der Waals surface area contributed by atoms with E-state index in [1.807, 2.05) is 55.5 Å². The van der Waals surface area contributed by atoms with E-state index in [-0.39, 0.29) is 17.2 Å². The second kappa shape index (κ2) is 8.02. The number of imidazole rings is 1. The molecule has 0 saturated heterocycles. The van der Waals surface area contributed by atoms with E-state index in [1.54, 1.807) is 12.1 Å². The fraction of sp³-hybridized carbons (Fsp3) is 0.0952. The fourth-order valence-corrected chi connectivity index (χ4v) is 2.43. The van der Waals surface area contributed by atoms with E-state index in [2.05, 4.69) is 9.97 Å². The van der Waals surface area contributed by atoms with E-state index >= 15 is 0 Å². The van der Waals surface area contributed by atoms with Crippen molar-refractivity contribution < 1.29 is 14.6 Å². The highest BCUT2D eigenvalue weighted by Crippen LogP contribution is 2.18. The third-order valence-corrected chi connectivity index (χ3v) is 3.87. The summed E-state index contributed by atoms with van der Waals surface area (Å²) in [5.41, 5.74) is 3.33. The van der Waals surface area contributed by atoms with Crippen molar-refractivity contribution in [3.05, 3.63) is 77.3 Å². The first-order chi connectivity index (χ1) is 13.1. The van der Waals surface area contributed by atoms with E-state index in [9.17, 15) is 15.2 Å². The number of rotatable bonds is 5. The standard InChI is InChI=1S/C21H17N3O3/c1-14-6-8-15(9-7-14)10-11-20(26)27-13-19(25)16(12-22)21-23-17-4-2-3-5-18(17)24-21/h2-11,25H,13H2,1H3,(H,23,24). The lowest BCUT2D eigenvalue weighted by Gasteiger charge is -2.03. The molecule has 0 aliphatic carbocycles. The molecule has 0 saturated carbocycles. The number of aliphatic hydroxyl groups excluding tert-OH is 1. The van der Waals surface area contributed by atoms with Crippen LogP contribution >= 0.6 is 0 Å². The van der Waals surface area contributed by atoms with Crippen LogP contribution in [0.5, 0.6) is 0 Å². The zero-order valence-electron chi connectivity index (χ0n) is 14.6. The molecule has 3 aromatic rings. The Bertz CT molecular complexity index is 1040. The van der Waals surface area contributed by atoms with Gasteiger partial charge in [-0.25, -0.2) is 9.78 Å². The zero-order chi connectivity index (χ0) is 19.2. The normalized spacial score (nSPS) is 12.0. The lowest BCUT2D eigenvalue weighted by Crippen LogP contribution is -2.06. The Hall–Kier alpha value is -3.85. The van der Waals surface area contributed by atoms with E-state index in [0.29, 0.717) is 5.52 Å². The fourth-order valence-electron chi connectivity index (χ4n) is 2.43. The van der Waals surface area contributed by atoms with Gasteiger partial charge in [0, 0.05) is 6.08 Å². The Kier molecular flexibility index (Phi) is 5.33. The number of hydrogen-bond acceptors (Lipinski definition) is 5. The first kappa shape index (κ1) is 18.0. The summed E-state index contributed by atoms with van der Waals surface area (Å²) in [5, 5.41) is 19.5. The predicted molar refractivity (Wildman–Crippen MR) is 102 cm³/mol. The highest BCUT2D eigenvalue weighted by Gasteiger charge is 2.14. The molecular formula is C21H17N3O3. The maximum absolute atomic E-state index is 11.8. The van der Waals surface area contributed by atoms with Crippen molar-refractivity contribution in [3.8, 4) is 6.07 Å². The summed E-state index contributed by atoms with van der Waals surface area (Å²) in [4.78, 5) is 19.1. The number of nitrogens with one attached hydrogen (secondary N) is 1. The summed E-state index contributed by atoms with van der Waals surface area (Å²) < 4.78 is 5.00. The van der Waals surface area contributed by atoms with Crippen LogP contribution in [0.15, 0.2) is 60.4 Å². The van der Waals surface area contributed by atoms with Gasteiger partial charge in [-0.05, 0) is 30.7 Å². The summed E-state index contributed by atoms with van der Waals surface area (Å²) in [6, 6.07) is 16.8. The van der Waals surface area contributed by atoms with Crippen LogP contribution in [0.25, 0.3) is 22.7 Å². The van der Waals surface area contributed by atoms with Gasteiger partial charge in [-0.15, -0.1) is 0 Å². The molecule has 1 heterocycles. The molecule has 2 aromatic carbocycles. The van der Waals surface area contributed by atoms with Crippen LogP contribution in [-0.4, -0.2) is 27.7 Å². The number of aliphatic hydroxyl groups is 1. The largest absolute Gasteiger partial charge is 0.507 e. The zero-order valence-corrected chi connectivity index (χ0v) is 14.6. The molecule has 0 bridgehead atoms. The quantitative estimate of drug-likeness (QED) is 0.311. The maximum Gasteiger partial charge on any atom is 0.331 e. The van der Waals surface area contributed by atoms with Crippen molar-refractivity contribution in [2.75, 3.05) is 6.61 Å². The second-order valence-corrected chi connectivity index (χ2v) is 5.89. The molecule has 0 atom stereocenters. The number of carbonyl (C=O) groups is 1. The minimum atomic E-state index is -0.621. The van der Waals surface area contributed by atoms with Crippen molar-refractivity contribution in [3.63, 3.8) is 0 Å². The molecule has 0 aliphatic heterocycles. The highest BCUT2D eigenvalue weighted by molar-refractivity contribution is 5.87. The number of nitrogens with zero attached hydrogens (tertiary/aromatic N) is 2. The number of esters is 1. The Morgan fingerprint density at radius 3 is 2.70 bits per heavy atom. The SMILES string of the molecule is Cc1ccc(C=CC(=O)OCC(O)=C(C#N)c2nc3ccccc3[nH]2)cc1. The average Bonchev–Trinajstić information content (AvgIpc) is 3.10. The van der Waals surface area contributed by atoms with Gasteiger partial charge >= 0.3 is 5.97 Å². The van der Waals surface area contributed by atoms with Crippen LogP contribution in [0, 0.1) is 18.3 Å². The molecule has 6 heteroatoms. The van der Waals surface area contributed by atoms with Crippen molar-refractivity contribution >= 4 is 28.7 Å². The van der Waals surface area contributed by atoms with Crippen molar-refractivity contribution in [1.29, 1.82) is 5.26 Å². The number of H-pyrrole nitrogens is 1. The molecule has 134 valence electrons. The third kappa shape index (κ3) is 4.41. The summed E-state index contributed by atoms with van der Waals surface area (Å²) in [6.07, 6.45) is 2.89. The molecule has 0 spiro atoms. The van der Waals surface area contributed by atoms with Crippen LogP contribution in [0.4, 0.5) is 0 Å². The van der Waals surface area contributed by atoms with Crippen molar-refractivity contribution in [1.82, 2.24) is 9.97 Å². The minimum Gasteiger partial charge on any atom is -0.507 e. The number of hydrogen-bond donors (Lipinski definition) is 2. The average molecular weight is 359 g/mol. The Labute approximate surface area is 156 Å². The number of fused-ring (bicyclic) bond motifs is 1. The summed E-state index contributed by atoms with van der Waals surface area (Å²) in [5.74, 6) is -0.764. The van der Waals surface area contributed by atoms with Crippen molar-refractivity contribution in [2.45, 2.75) is 6.92 Å². The van der Waals surface area contributed by atoms with E-state index in [1.165, 1.54) is 6.08 Å². The Morgan fingerprint density at radius 2 is 2.00 bits per heavy atom. The number of allylic oxidation sites excluding steroid dienone is 1. The van der Waals surface area contributed by atoms with Gasteiger partial charge in [-0.3, -0.25) is 0 Å². The summed E-state index contributed by atoms with van der Waals surface area (Å²) >= 11 is 0. The number of aryl methyl sites for hydroxylation is 1. The van der Waals surface area contributed by atoms with Crippen molar-refractivity contribution in [2.24, 2.45) is 0 Å². The molecule has 3 rings (SSSR count). The molecular weight excluding hydrogens is 342 g/mol. The number of ether oxygens (including phenoxy) is 1. The number of benzene rings is 2. The van der Waals surface area contributed by atoms with E-state index in [0.717, 1.165) is 16.6 Å². The number of para-hydroxylation sites is 2. The monoisotopic (exact) mass is 359 g/mol. The minimum absolute atomic E-state index is 0.0680. The Morgan fingerprint density at radius 1 is 1.26 bits per heavy atom. The lowest BCUT2D eigenvalue weighted by atomic mass is 10.1. The molecule has 2 N–H and O–H groups in total. The predicted octanol–water partition coefficient (Wildman–Crippen LogP) is 3.92. The topological polar surface area (TPSA) is 99.0 Å². The third-order valence-electron chi connectivity index (χ3n) is 3.87. The molecule has 0 aliphatic rings. The number of aromatic nitrogens is 2. The molecule has 27 heavy (non-hydrogen) atoms. The molecule has 0 amide bonds. The number of carbonyl (C=O) groups excluding carboxylic acids is 1. The van der Waals surface area contributed by atoms with Gasteiger partial charge in [-0.2, -0.15) is 5.26 Å². The second-order valence-electron chi connectivity index (χ2n) is 5.89.